The van der Waals surface area contributed by atoms with Crippen molar-refractivity contribution in [2.45, 2.75) is 57.5 Å². The van der Waals surface area contributed by atoms with Crippen molar-refractivity contribution in [3.63, 3.8) is 0 Å². The highest BCUT2D eigenvalue weighted by Gasteiger charge is 2.40. The average molecular weight is 723 g/mol. The molecule has 2 N–H and O–H groups in total. The zero-order valence-electron chi connectivity index (χ0n) is 29.5. The summed E-state index contributed by atoms with van der Waals surface area (Å²) in [6.07, 6.45) is 3.50. The van der Waals surface area contributed by atoms with Gasteiger partial charge in [-0.3, -0.25) is 29.7 Å². The van der Waals surface area contributed by atoms with Gasteiger partial charge in [-0.05, 0) is 56.9 Å². The van der Waals surface area contributed by atoms with Crippen LogP contribution in [0.3, 0.4) is 0 Å². The molecule has 4 heterocycles. The fourth-order valence-electron chi connectivity index (χ4n) is 6.89. The molecule has 2 aliphatic rings. The van der Waals surface area contributed by atoms with E-state index >= 15 is 0 Å². The van der Waals surface area contributed by atoms with Crippen molar-refractivity contribution in [2.75, 3.05) is 57.7 Å². The van der Waals surface area contributed by atoms with E-state index in [0.29, 0.717) is 37.2 Å². The number of nitrogens with zero attached hydrogens (tertiary/aromatic N) is 6. The first-order valence-electron chi connectivity index (χ1n) is 17.2. The number of imidazole rings is 1. The molecule has 13 nitrogen and oxygen atoms in total. The lowest BCUT2D eigenvalue weighted by molar-refractivity contribution is -0.143. The van der Waals surface area contributed by atoms with Crippen molar-refractivity contribution in [3.8, 4) is 11.3 Å². The van der Waals surface area contributed by atoms with Crippen LogP contribution in [0, 0.1) is 5.41 Å². The number of esters is 1. The molecule has 0 radical (unpaired) electrons. The molecule has 52 heavy (non-hydrogen) atoms. The number of methoxy groups -OCH3 is 1. The monoisotopic (exact) mass is 722 g/mol. The molecule has 2 amide bonds. The molecule has 0 aromatic carbocycles. The van der Waals surface area contributed by atoms with Gasteiger partial charge in [0.15, 0.2) is 5.65 Å². The molecule has 0 atom stereocenters. The summed E-state index contributed by atoms with van der Waals surface area (Å²) in [4.78, 5) is 61.6. The van der Waals surface area contributed by atoms with Crippen LogP contribution in [0.25, 0.3) is 22.4 Å². The van der Waals surface area contributed by atoms with E-state index in [-0.39, 0.29) is 64.3 Å². The normalized spacial score (nSPS) is 15.4. The molecule has 0 unspecified atom stereocenters. The number of ether oxygens (including phenoxy) is 2. The summed E-state index contributed by atoms with van der Waals surface area (Å²) in [6.45, 7) is 2.78. The third-order valence-electron chi connectivity index (χ3n) is 9.52. The maximum absolute atomic E-state index is 14.2. The van der Waals surface area contributed by atoms with Gasteiger partial charge >= 0.3 is 12.1 Å². The van der Waals surface area contributed by atoms with Gasteiger partial charge in [0, 0.05) is 57.0 Å². The number of amides is 2. The third-order valence-corrected chi connectivity index (χ3v) is 9.52. The van der Waals surface area contributed by atoms with E-state index in [9.17, 15) is 27.6 Å². The number of rotatable bonds is 13. The Kier molecular flexibility index (Phi) is 10.5. The van der Waals surface area contributed by atoms with Gasteiger partial charge in [-0.1, -0.05) is 12.8 Å². The number of H-pyrrole nitrogens is 1. The standard InChI is InChI=1S/C36H41F3N8O5/c1-5-52-28(48)18-46(2)33(50)22-10-11-25(40-16-22)32(49)45-34-43-30-27(47(3)19-35(20-51-4)12-6-7-13-35)15-26(42-31(30)44-34)23-14-24(36(37,38)39)29(41-17-23)21-8-9-21/h10-11,14-17,21H,5-9,12-13,18-20H2,1-4H3,(H2,42,43,44,45,49). The predicted octanol–water partition coefficient (Wildman–Crippen LogP) is 5.84. The van der Waals surface area contributed by atoms with Crippen LogP contribution < -0.4 is 10.2 Å². The number of hydrogen-bond donors (Lipinski definition) is 2. The highest BCUT2D eigenvalue weighted by Crippen LogP contribution is 2.46. The van der Waals surface area contributed by atoms with Crippen LogP contribution in [0.4, 0.5) is 24.8 Å². The molecule has 6 rings (SSSR count). The largest absolute Gasteiger partial charge is 0.465 e. The highest BCUT2D eigenvalue weighted by atomic mass is 19.4. The number of hydrogen-bond acceptors (Lipinski definition) is 10. The quantitative estimate of drug-likeness (QED) is 0.161. The molecule has 4 aromatic rings. The van der Waals surface area contributed by atoms with Crippen LogP contribution in [0.5, 0.6) is 0 Å². The molecule has 4 aromatic heterocycles. The second-order valence-corrected chi connectivity index (χ2v) is 13.6. The first-order valence-corrected chi connectivity index (χ1v) is 17.2. The van der Waals surface area contributed by atoms with Gasteiger partial charge in [0.2, 0.25) is 5.95 Å². The Bertz CT molecular complexity index is 1960. The van der Waals surface area contributed by atoms with Gasteiger partial charge in [0.05, 0.1) is 41.4 Å². The Morgan fingerprint density at radius 3 is 2.44 bits per heavy atom. The minimum atomic E-state index is -4.58. The summed E-state index contributed by atoms with van der Waals surface area (Å²) in [5.41, 5.74) is 1.06. The van der Waals surface area contributed by atoms with Crippen LogP contribution in [0.2, 0.25) is 0 Å². The SMILES string of the molecule is CCOC(=O)CN(C)C(=O)c1ccc(C(=O)Nc2nc3nc(-c4cnc(C5CC5)c(C(F)(F)F)c4)cc(N(C)CC4(COC)CCCC4)c3[nH]2)nc1. The summed E-state index contributed by atoms with van der Waals surface area (Å²) in [5.74, 6) is -1.82. The molecule has 276 valence electrons. The van der Waals surface area contributed by atoms with Gasteiger partial charge in [-0.25, -0.2) is 4.98 Å². The van der Waals surface area contributed by atoms with Crippen molar-refractivity contribution in [3.05, 3.63) is 59.2 Å². The lowest BCUT2D eigenvalue weighted by atomic mass is 9.86. The van der Waals surface area contributed by atoms with E-state index in [1.807, 2.05) is 11.9 Å². The Hall–Kier alpha value is -5.12. The number of aromatic amines is 1. The summed E-state index contributed by atoms with van der Waals surface area (Å²) >= 11 is 0. The van der Waals surface area contributed by atoms with Crippen LogP contribution in [-0.4, -0.2) is 95.1 Å². The summed E-state index contributed by atoms with van der Waals surface area (Å²) in [7, 11) is 5.03. The van der Waals surface area contributed by atoms with E-state index in [0.717, 1.165) is 31.7 Å². The van der Waals surface area contributed by atoms with Crippen molar-refractivity contribution in [1.29, 1.82) is 0 Å². The van der Waals surface area contributed by atoms with Gasteiger partial charge in [-0.15, -0.1) is 0 Å². The zero-order chi connectivity index (χ0) is 37.2. The Balaban J connectivity index is 1.30. The van der Waals surface area contributed by atoms with Crippen molar-refractivity contribution in [2.24, 2.45) is 5.41 Å². The van der Waals surface area contributed by atoms with Crippen LogP contribution in [0.15, 0.2) is 36.7 Å². The first kappa shape index (κ1) is 36.7. The molecule has 0 saturated heterocycles. The number of aromatic nitrogens is 5. The molecule has 2 aliphatic carbocycles. The maximum atomic E-state index is 14.2. The number of anilines is 2. The number of carbonyl (C=O) groups is 3. The number of halogens is 3. The molecular formula is C36H41F3N8O5. The second kappa shape index (κ2) is 14.9. The smallest absolute Gasteiger partial charge is 0.418 e. The number of likely N-dealkylation sites (N-methyl/N-ethyl adjacent to an activating group) is 1. The second-order valence-electron chi connectivity index (χ2n) is 13.6. The zero-order valence-corrected chi connectivity index (χ0v) is 29.5. The first-order chi connectivity index (χ1) is 24.8. The number of carbonyl (C=O) groups excluding carboxylic acids is 3. The molecule has 2 saturated carbocycles. The van der Waals surface area contributed by atoms with Crippen LogP contribution >= 0.6 is 0 Å². The number of fused-ring (bicyclic) bond motifs is 1. The molecule has 2 fully saturated rings. The van der Waals surface area contributed by atoms with Gasteiger partial charge < -0.3 is 24.3 Å². The van der Waals surface area contributed by atoms with Gasteiger partial charge in [0.1, 0.15) is 17.8 Å². The predicted molar refractivity (Wildman–Crippen MR) is 186 cm³/mol. The van der Waals surface area contributed by atoms with E-state index in [2.05, 4.69) is 30.2 Å². The fourth-order valence-corrected chi connectivity index (χ4v) is 6.89. The number of alkyl halides is 3. The lowest BCUT2D eigenvalue weighted by Gasteiger charge is -2.34. The van der Waals surface area contributed by atoms with E-state index in [1.54, 1.807) is 20.1 Å². The lowest BCUT2D eigenvalue weighted by Crippen LogP contribution is -2.37. The van der Waals surface area contributed by atoms with E-state index < -0.39 is 29.5 Å². The van der Waals surface area contributed by atoms with Crippen molar-refractivity contribution < 1.29 is 37.0 Å². The fraction of sp³-hybridized carbons (Fsp3) is 0.472. The summed E-state index contributed by atoms with van der Waals surface area (Å²) in [6, 6.07) is 5.60. The third kappa shape index (κ3) is 8.01. The highest BCUT2D eigenvalue weighted by molar-refractivity contribution is 6.04. The Morgan fingerprint density at radius 2 is 1.81 bits per heavy atom. The average Bonchev–Trinajstić information content (AvgIpc) is 3.73. The van der Waals surface area contributed by atoms with Crippen molar-refractivity contribution >= 4 is 40.6 Å². The minimum absolute atomic E-state index is 0.0136. The van der Waals surface area contributed by atoms with Crippen LogP contribution in [0.1, 0.15) is 83.5 Å². The number of pyridine rings is 3. The van der Waals surface area contributed by atoms with E-state index in [1.165, 1.54) is 36.5 Å². The topological polar surface area (TPSA) is 156 Å². The molecule has 0 spiro atoms. The number of nitrogens with one attached hydrogen (secondary N) is 2. The van der Waals surface area contributed by atoms with E-state index in [4.69, 9.17) is 9.47 Å². The Morgan fingerprint density at radius 1 is 1.06 bits per heavy atom. The maximum Gasteiger partial charge on any atom is 0.418 e. The van der Waals surface area contributed by atoms with Gasteiger partial charge in [0.25, 0.3) is 11.8 Å². The summed E-state index contributed by atoms with van der Waals surface area (Å²) in [5, 5.41) is 2.68. The minimum Gasteiger partial charge on any atom is -0.465 e. The van der Waals surface area contributed by atoms with Crippen molar-refractivity contribution in [1.82, 2.24) is 29.8 Å². The van der Waals surface area contributed by atoms with Crippen LogP contribution in [-0.2, 0) is 20.4 Å². The molecule has 16 heteroatoms. The summed E-state index contributed by atoms with van der Waals surface area (Å²) < 4.78 is 53.1. The van der Waals surface area contributed by atoms with Gasteiger partial charge in [-0.2, -0.15) is 18.2 Å². The Labute approximate surface area is 298 Å². The molecular weight excluding hydrogens is 681 g/mol. The molecule has 0 aliphatic heterocycles. The molecule has 0 bridgehead atoms.